The van der Waals surface area contributed by atoms with Crippen molar-refractivity contribution in [2.75, 3.05) is 0 Å². The Bertz CT molecular complexity index is 325. The normalized spacial score (nSPS) is 23.6. The number of amides is 1. The molecule has 0 spiro atoms. The van der Waals surface area contributed by atoms with E-state index in [9.17, 15) is 9.59 Å². The van der Waals surface area contributed by atoms with E-state index >= 15 is 0 Å². The average molecular weight is 269 g/mol. The Morgan fingerprint density at radius 1 is 1.37 bits per heavy atom. The zero-order valence-corrected chi connectivity index (χ0v) is 12.4. The Morgan fingerprint density at radius 2 is 2.05 bits per heavy atom. The molecule has 0 saturated heterocycles. The SMILES string of the molecule is CCCCC(NC(=O)C1CCCCC1(C)C)C(=O)O. The molecule has 0 aliphatic heterocycles. The Balaban J connectivity index is 2.62. The number of nitrogens with one attached hydrogen (secondary N) is 1. The lowest BCUT2D eigenvalue weighted by Gasteiger charge is -2.38. The summed E-state index contributed by atoms with van der Waals surface area (Å²) >= 11 is 0. The summed E-state index contributed by atoms with van der Waals surface area (Å²) in [6.07, 6.45) is 6.42. The lowest BCUT2D eigenvalue weighted by Crippen LogP contribution is -2.47. The summed E-state index contributed by atoms with van der Waals surface area (Å²) in [7, 11) is 0. The van der Waals surface area contributed by atoms with Crippen LogP contribution >= 0.6 is 0 Å². The van der Waals surface area contributed by atoms with Gasteiger partial charge in [0.2, 0.25) is 5.91 Å². The molecule has 4 heteroatoms. The summed E-state index contributed by atoms with van der Waals surface area (Å²) < 4.78 is 0. The number of carbonyl (C=O) groups is 2. The minimum absolute atomic E-state index is 0.0177. The average Bonchev–Trinajstić information content (AvgIpc) is 2.33. The van der Waals surface area contributed by atoms with Crippen LogP contribution in [0.4, 0.5) is 0 Å². The standard InChI is InChI=1S/C15H27NO3/c1-4-5-9-12(14(18)19)16-13(17)11-8-6-7-10-15(11,2)3/h11-12H,4-10H2,1-3H3,(H,16,17)(H,18,19). The molecule has 1 amide bonds. The first-order valence-corrected chi connectivity index (χ1v) is 7.41. The predicted molar refractivity (Wildman–Crippen MR) is 74.8 cm³/mol. The van der Waals surface area contributed by atoms with E-state index in [2.05, 4.69) is 19.2 Å². The second-order valence-corrected chi connectivity index (χ2v) is 6.33. The molecular weight excluding hydrogens is 242 g/mol. The highest BCUT2D eigenvalue weighted by atomic mass is 16.4. The molecule has 4 nitrogen and oxygen atoms in total. The van der Waals surface area contributed by atoms with Crippen molar-refractivity contribution >= 4 is 11.9 Å². The van der Waals surface area contributed by atoms with E-state index in [1.54, 1.807) is 0 Å². The van der Waals surface area contributed by atoms with Crippen LogP contribution < -0.4 is 5.32 Å². The highest BCUT2D eigenvalue weighted by Gasteiger charge is 2.38. The fourth-order valence-electron chi connectivity index (χ4n) is 2.92. The van der Waals surface area contributed by atoms with Crippen LogP contribution in [0.1, 0.15) is 65.7 Å². The molecule has 2 unspecified atom stereocenters. The molecule has 1 rings (SSSR count). The molecule has 0 aromatic rings. The predicted octanol–water partition coefficient (Wildman–Crippen LogP) is 2.96. The molecule has 0 radical (unpaired) electrons. The Hall–Kier alpha value is -1.06. The fourth-order valence-corrected chi connectivity index (χ4v) is 2.92. The summed E-state index contributed by atoms with van der Waals surface area (Å²) in [6.45, 7) is 6.24. The number of hydrogen-bond donors (Lipinski definition) is 2. The third-order valence-electron chi connectivity index (χ3n) is 4.28. The summed E-state index contributed by atoms with van der Waals surface area (Å²) in [5, 5.41) is 11.9. The first-order chi connectivity index (χ1) is 8.88. The second-order valence-electron chi connectivity index (χ2n) is 6.33. The van der Waals surface area contributed by atoms with E-state index < -0.39 is 12.0 Å². The summed E-state index contributed by atoms with van der Waals surface area (Å²) in [6, 6.07) is -0.731. The van der Waals surface area contributed by atoms with Gasteiger partial charge >= 0.3 is 5.97 Å². The first-order valence-electron chi connectivity index (χ1n) is 7.41. The van der Waals surface area contributed by atoms with Crippen molar-refractivity contribution in [1.29, 1.82) is 0 Å². The van der Waals surface area contributed by atoms with Gasteiger partial charge in [0.05, 0.1) is 0 Å². The van der Waals surface area contributed by atoms with Gasteiger partial charge in [-0.3, -0.25) is 4.79 Å². The van der Waals surface area contributed by atoms with E-state index in [1.807, 2.05) is 6.92 Å². The Kier molecular flexibility index (Phi) is 5.83. The largest absolute Gasteiger partial charge is 0.480 e. The lowest BCUT2D eigenvalue weighted by atomic mass is 9.68. The van der Waals surface area contributed by atoms with Crippen LogP contribution in [-0.2, 0) is 9.59 Å². The summed E-state index contributed by atoms with van der Waals surface area (Å²) in [4.78, 5) is 23.5. The molecule has 0 heterocycles. The first kappa shape index (κ1) is 16.0. The van der Waals surface area contributed by atoms with Crippen molar-refractivity contribution < 1.29 is 14.7 Å². The molecule has 2 atom stereocenters. The van der Waals surface area contributed by atoms with E-state index in [4.69, 9.17) is 5.11 Å². The maximum Gasteiger partial charge on any atom is 0.326 e. The number of hydrogen-bond acceptors (Lipinski definition) is 2. The van der Waals surface area contributed by atoms with E-state index in [1.165, 1.54) is 0 Å². The monoisotopic (exact) mass is 269 g/mol. The number of aliphatic carboxylic acids is 1. The maximum absolute atomic E-state index is 12.3. The van der Waals surface area contributed by atoms with Crippen molar-refractivity contribution in [2.45, 2.75) is 71.8 Å². The number of rotatable bonds is 6. The van der Waals surface area contributed by atoms with Crippen LogP contribution in [0.2, 0.25) is 0 Å². The molecule has 1 aliphatic carbocycles. The molecule has 0 bridgehead atoms. The van der Waals surface area contributed by atoms with Crippen LogP contribution in [0.3, 0.4) is 0 Å². The summed E-state index contributed by atoms with van der Waals surface area (Å²) in [5.74, 6) is -1.05. The zero-order chi connectivity index (χ0) is 14.5. The Labute approximate surface area is 116 Å². The number of carbonyl (C=O) groups excluding carboxylic acids is 1. The van der Waals surface area contributed by atoms with E-state index in [0.29, 0.717) is 6.42 Å². The topological polar surface area (TPSA) is 66.4 Å². The van der Waals surface area contributed by atoms with Crippen LogP contribution in [0, 0.1) is 11.3 Å². The highest BCUT2D eigenvalue weighted by Crippen LogP contribution is 2.40. The molecular formula is C15H27NO3. The minimum atomic E-state index is -0.921. The molecule has 1 aliphatic rings. The van der Waals surface area contributed by atoms with Gasteiger partial charge in [-0.15, -0.1) is 0 Å². The third kappa shape index (κ3) is 4.51. The van der Waals surface area contributed by atoms with Gasteiger partial charge in [-0.2, -0.15) is 0 Å². The van der Waals surface area contributed by atoms with Gasteiger partial charge in [-0.1, -0.05) is 46.5 Å². The van der Waals surface area contributed by atoms with Crippen molar-refractivity contribution in [3.63, 3.8) is 0 Å². The van der Waals surface area contributed by atoms with Crippen LogP contribution in [-0.4, -0.2) is 23.0 Å². The quantitative estimate of drug-likeness (QED) is 0.779. The second kappa shape index (κ2) is 6.92. The minimum Gasteiger partial charge on any atom is -0.480 e. The number of unbranched alkanes of at least 4 members (excludes halogenated alkanes) is 1. The molecule has 0 aromatic heterocycles. The Morgan fingerprint density at radius 3 is 2.58 bits per heavy atom. The molecule has 1 fully saturated rings. The van der Waals surface area contributed by atoms with Crippen molar-refractivity contribution in [3.8, 4) is 0 Å². The fraction of sp³-hybridized carbons (Fsp3) is 0.867. The summed E-state index contributed by atoms with van der Waals surface area (Å²) in [5.41, 5.74) is -0.0177. The lowest BCUT2D eigenvalue weighted by molar-refractivity contribution is -0.144. The smallest absolute Gasteiger partial charge is 0.326 e. The van der Waals surface area contributed by atoms with Crippen LogP contribution in [0.15, 0.2) is 0 Å². The van der Waals surface area contributed by atoms with Gasteiger partial charge in [-0.05, 0) is 24.7 Å². The van der Waals surface area contributed by atoms with Gasteiger partial charge in [0.15, 0.2) is 0 Å². The van der Waals surface area contributed by atoms with Gasteiger partial charge in [0.1, 0.15) is 6.04 Å². The molecule has 2 N–H and O–H groups in total. The van der Waals surface area contributed by atoms with Crippen molar-refractivity contribution in [3.05, 3.63) is 0 Å². The highest BCUT2D eigenvalue weighted by molar-refractivity contribution is 5.85. The zero-order valence-electron chi connectivity index (χ0n) is 12.4. The maximum atomic E-state index is 12.3. The van der Waals surface area contributed by atoms with E-state index in [-0.39, 0.29) is 17.2 Å². The van der Waals surface area contributed by atoms with Gasteiger partial charge in [0.25, 0.3) is 0 Å². The van der Waals surface area contributed by atoms with Crippen molar-refractivity contribution in [1.82, 2.24) is 5.32 Å². The molecule has 1 saturated carbocycles. The van der Waals surface area contributed by atoms with Crippen molar-refractivity contribution in [2.24, 2.45) is 11.3 Å². The molecule has 19 heavy (non-hydrogen) atoms. The number of carboxylic acid groups (broad SMARTS) is 1. The number of carboxylic acids is 1. The van der Waals surface area contributed by atoms with Gasteiger partial charge < -0.3 is 10.4 Å². The third-order valence-corrected chi connectivity index (χ3v) is 4.28. The van der Waals surface area contributed by atoms with Crippen LogP contribution in [0.5, 0.6) is 0 Å². The molecule has 0 aromatic carbocycles. The van der Waals surface area contributed by atoms with Gasteiger partial charge in [-0.25, -0.2) is 4.79 Å². The van der Waals surface area contributed by atoms with Crippen LogP contribution in [0.25, 0.3) is 0 Å². The van der Waals surface area contributed by atoms with Gasteiger partial charge in [0, 0.05) is 5.92 Å². The molecule has 110 valence electrons. The van der Waals surface area contributed by atoms with E-state index in [0.717, 1.165) is 38.5 Å².